The SMILES string of the molecule is CCOc1ccc(-n2c(O)c(C3OC(=O)c4ccccc43)c(=O)[nH]c2=S)cc1. The lowest BCUT2D eigenvalue weighted by Gasteiger charge is -2.17. The first kappa shape index (κ1) is 18.0. The van der Waals surface area contributed by atoms with E-state index in [-0.39, 0.29) is 16.2 Å². The van der Waals surface area contributed by atoms with E-state index in [2.05, 4.69) is 4.98 Å². The van der Waals surface area contributed by atoms with Crippen molar-refractivity contribution in [2.75, 3.05) is 6.61 Å². The van der Waals surface area contributed by atoms with Gasteiger partial charge in [-0.1, -0.05) is 18.2 Å². The molecule has 1 aromatic heterocycles. The first-order chi connectivity index (χ1) is 13.5. The van der Waals surface area contributed by atoms with Gasteiger partial charge < -0.3 is 14.6 Å². The second-order valence-electron chi connectivity index (χ2n) is 6.13. The van der Waals surface area contributed by atoms with E-state index in [1.54, 1.807) is 48.5 Å². The van der Waals surface area contributed by atoms with Crippen LogP contribution in [0.1, 0.15) is 34.5 Å². The van der Waals surface area contributed by atoms with Crippen molar-refractivity contribution < 1.29 is 19.4 Å². The van der Waals surface area contributed by atoms with Gasteiger partial charge in [-0.3, -0.25) is 14.3 Å². The summed E-state index contributed by atoms with van der Waals surface area (Å²) in [6.45, 7) is 2.41. The molecular weight excluding hydrogens is 380 g/mol. The fourth-order valence-corrected chi connectivity index (χ4v) is 3.52. The maximum Gasteiger partial charge on any atom is 0.339 e. The molecule has 2 N–H and O–H groups in total. The van der Waals surface area contributed by atoms with Gasteiger partial charge in [-0.2, -0.15) is 0 Å². The van der Waals surface area contributed by atoms with E-state index in [4.69, 9.17) is 21.7 Å². The molecule has 0 aliphatic carbocycles. The summed E-state index contributed by atoms with van der Waals surface area (Å²) in [5.74, 6) is -0.262. The number of nitrogens with one attached hydrogen (secondary N) is 1. The van der Waals surface area contributed by atoms with Crippen LogP contribution in [0, 0.1) is 4.77 Å². The summed E-state index contributed by atoms with van der Waals surface area (Å²) in [5.41, 5.74) is 0.714. The smallest absolute Gasteiger partial charge is 0.339 e. The number of fused-ring (bicyclic) bond motifs is 1. The van der Waals surface area contributed by atoms with E-state index in [1.165, 1.54) is 4.57 Å². The predicted molar refractivity (Wildman–Crippen MR) is 104 cm³/mol. The van der Waals surface area contributed by atoms with E-state index >= 15 is 0 Å². The maximum absolute atomic E-state index is 12.6. The number of hydrogen-bond acceptors (Lipinski definition) is 6. The maximum atomic E-state index is 12.6. The number of hydrogen-bond donors (Lipinski definition) is 2. The van der Waals surface area contributed by atoms with Gasteiger partial charge in [0.05, 0.1) is 17.9 Å². The third kappa shape index (κ3) is 2.87. The summed E-state index contributed by atoms with van der Waals surface area (Å²) in [7, 11) is 0. The molecule has 1 atom stereocenters. The van der Waals surface area contributed by atoms with Crippen LogP contribution < -0.4 is 10.3 Å². The third-order valence-electron chi connectivity index (χ3n) is 4.48. The van der Waals surface area contributed by atoms with Crippen LogP contribution in [0.3, 0.4) is 0 Å². The van der Waals surface area contributed by atoms with Gasteiger partial charge in [0.25, 0.3) is 5.56 Å². The fraction of sp³-hybridized carbons (Fsp3) is 0.150. The number of ether oxygens (including phenoxy) is 2. The Balaban J connectivity index is 1.87. The number of carbonyl (C=O) groups excluding carboxylic acids is 1. The Bertz CT molecular complexity index is 1180. The van der Waals surface area contributed by atoms with Crippen LogP contribution >= 0.6 is 12.2 Å². The van der Waals surface area contributed by atoms with Crippen LogP contribution in [0.2, 0.25) is 0 Å². The molecule has 0 saturated carbocycles. The summed E-state index contributed by atoms with van der Waals surface area (Å²) in [6.07, 6.45) is -1.02. The van der Waals surface area contributed by atoms with Gasteiger partial charge in [-0.25, -0.2) is 4.79 Å². The van der Waals surface area contributed by atoms with Gasteiger partial charge in [-0.05, 0) is 49.5 Å². The van der Waals surface area contributed by atoms with E-state index in [9.17, 15) is 14.7 Å². The highest BCUT2D eigenvalue weighted by atomic mass is 32.1. The molecule has 3 aromatic rings. The number of benzene rings is 2. The number of aromatic hydroxyl groups is 1. The molecule has 2 heterocycles. The van der Waals surface area contributed by atoms with E-state index < -0.39 is 17.6 Å². The Hall–Kier alpha value is -3.39. The van der Waals surface area contributed by atoms with Crippen molar-refractivity contribution in [1.82, 2.24) is 9.55 Å². The minimum Gasteiger partial charge on any atom is -0.494 e. The first-order valence-electron chi connectivity index (χ1n) is 8.62. The molecule has 142 valence electrons. The molecule has 1 unspecified atom stereocenters. The van der Waals surface area contributed by atoms with Gasteiger partial charge >= 0.3 is 5.97 Å². The van der Waals surface area contributed by atoms with Crippen molar-refractivity contribution in [3.63, 3.8) is 0 Å². The average molecular weight is 396 g/mol. The zero-order valence-corrected chi connectivity index (χ0v) is 15.7. The Morgan fingerprint density at radius 2 is 1.89 bits per heavy atom. The van der Waals surface area contributed by atoms with Crippen molar-refractivity contribution in [3.05, 3.63) is 80.3 Å². The van der Waals surface area contributed by atoms with Crippen LogP contribution in [0.5, 0.6) is 11.6 Å². The number of carbonyl (C=O) groups is 1. The second-order valence-corrected chi connectivity index (χ2v) is 6.52. The quantitative estimate of drug-likeness (QED) is 0.519. The zero-order valence-electron chi connectivity index (χ0n) is 14.8. The Kier molecular flexibility index (Phi) is 4.48. The Morgan fingerprint density at radius 3 is 2.61 bits per heavy atom. The van der Waals surface area contributed by atoms with Gasteiger partial charge in [0, 0.05) is 5.56 Å². The molecule has 0 radical (unpaired) electrons. The highest BCUT2D eigenvalue weighted by molar-refractivity contribution is 7.71. The molecule has 0 spiro atoms. The second kappa shape index (κ2) is 6.97. The van der Waals surface area contributed by atoms with Crippen LogP contribution in [0.25, 0.3) is 5.69 Å². The van der Waals surface area contributed by atoms with Crippen molar-refractivity contribution in [3.8, 4) is 17.3 Å². The molecule has 1 aliphatic heterocycles. The molecule has 0 fully saturated rings. The number of rotatable bonds is 4. The van der Waals surface area contributed by atoms with Gasteiger partial charge in [0.15, 0.2) is 10.9 Å². The summed E-state index contributed by atoms with van der Waals surface area (Å²) in [6, 6.07) is 13.6. The largest absolute Gasteiger partial charge is 0.494 e. The minimum atomic E-state index is -1.02. The molecule has 2 aromatic carbocycles. The van der Waals surface area contributed by atoms with Crippen molar-refractivity contribution >= 4 is 18.2 Å². The number of nitrogens with zero attached hydrogens (tertiary/aromatic N) is 1. The lowest BCUT2D eigenvalue weighted by molar-refractivity contribution is 0.0449. The minimum absolute atomic E-state index is 0.0213. The van der Waals surface area contributed by atoms with Crippen LogP contribution in [0.4, 0.5) is 0 Å². The van der Waals surface area contributed by atoms with Crippen molar-refractivity contribution in [2.45, 2.75) is 13.0 Å². The molecule has 28 heavy (non-hydrogen) atoms. The Morgan fingerprint density at radius 1 is 1.18 bits per heavy atom. The molecular formula is C20H16N2O5S. The van der Waals surface area contributed by atoms with Crippen LogP contribution in [-0.4, -0.2) is 27.2 Å². The van der Waals surface area contributed by atoms with Gasteiger partial charge in [-0.15, -0.1) is 0 Å². The summed E-state index contributed by atoms with van der Waals surface area (Å²) in [4.78, 5) is 27.3. The van der Waals surface area contributed by atoms with Crippen molar-refractivity contribution in [1.29, 1.82) is 0 Å². The standard InChI is InChI=1S/C20H16N2O5S/c1-2-26-12-9-7-11(8-10-12)22-18(24)15(17(23)21-20(22)28)16-13-5-3-4-6-14(13)19(25)27-16/h3-10,16,24H,2H2,1H3,(H,21,23,28). The van der Waals surface area contributed by atoms with Crippen LogP contribution in [0.15, 0.2) is 53.3 Å². The molecule has 0 bridgehead atoms. The van der Waals surface area contributed by atoms with Crippen molar-refractivity contribution in [2.24, 2.45) is 0 Å². The number of aromatic nitrogens is 2. The number of esters is 1. The Labute approximate surface area is 164 Å². The molecule has 0 amide bonds. The summed E-state index contributed by atoms with van der Waals surface area (Å²) < 4.78 is 12.1. The highest BCUT2D eigenvalue weighted by Gasteiger charge is 2.36. The lowest BCUT2D eigenvalue weighted by Crippen LogP contribution is -2.21. The summed E-state index contributed by atoms with van der Waals surface area (Å²) in [5, 5.41) is 10.9. The molecule has 1 aliphatic rings. The zero-order chi connectivity index (χ0) is 19.8. The monoisotopic (exact) mass is 396 g/mol. The van der Waals surface area contributed by atoms with E-state index in [0.717, 1.165) is 0 Å². The average Bonchev–Trinajstić information content (AvgIpc) is 3.00. The predicted octanol–water partition coefficient (Wildman–Crippen LogP) is 3.26. The lowest BCUT2D eigenvalue weighted by atomic mass is 10.0. The van der Waals surface area contributed by atoms with E-state index in [0.29, 0.717) is 29.2 Å². The van der Waals surface area contributed by atoms with E-state index in [1.807, 2.05) is 6.92 Å². The summed E-state index contributed by atoms with van der Waals surface area (Å²) >= 11 is 5.24. The topological polar surface area (TPSA) is 93.6 Å². The molecule has 7 nitrogen and oxygen atoms in total. The van der Waals surface area contributed by atoms with Gasteiger partial charge in [0.1, 0.15) is 11.3 Å². The molecule has 0 saturated heterocycles. The fourth-order valence-electron chi connectivity index (χ4n) is 3.23. The number of H-pyrrole nitrogens is 1. The van der Waals surface area contributed by atoms with Crippen LogP contribution in [-0.2, 0) is 4.74 Å². The highest BCUT2D eigenvalue weighted by Crippen LogP contribution is 2.38. The molecule has 8 heteroatoms. The first-order valence-corrected chi connectivity index (χ1v) is 9.03. The number of cyclic esters (lactones) is 1. The number of aromatic amines is 1. The molecule has 4 rings (SSSR count). The third-order valence-corrected chi connectivity index (χ3v) is 4.76. The normalized spacial score (nSPS) is 15.2. The van der Waals surface area contributed by atoms with Gasteiger partial charge in [0.2, 0.25) is 5.88 Å².